The van der Waals surface area contributed by atoms with Crippen LogP contribution in [0.1, 0.15) is 43.2 Å². The van der Waals surface area contributed by atoms with Crippen LogP contribution in [0.5, 0.6) is 0 Å². The van der Waals surface area contributed by atoms with Crippen molar-refractivity contribution in [3.63, 3.8) is 0 Å². The zero-order chi connectivity index (χ0) is 12.3. The van der Waals surface area contributed by atoms with Gasteiger partial charge in [-0.05, 0) is 43.2 Å². The molecule has 0 radical (unpaired) electrons. The summed E-state index contributed by atoms with van der Waals surface area (Å²) in [5, 5.41) is 8.70. The molecule has 0 saturated heterocycles. The van der Waals surface area contributed by atoms with Gasteiger partial charge in [0.25, 0.3) is 0 Å². The van der Waals surface area contributed by atoms with Gasteiger partial charge in [0.15, 0.2) is 0 Å². The molecule has 0 aromatic heterocycles. The van der Waals surface area contributed by atoms with E-state index in [0.717, 1.165) is 18.4 Å². The van der Waals surface area contributed by atoms with Crippen molar-refractivity contribution in [2.24, 2.45) is 0 Å². The number of hydrogen-bond acceptors (Lipinski definition) is 1. The van der Waals surface area contributed by atoms with Gasteiger partial charge in [-0.15, -0.1) is 0 Å². The van der Waals surface area contributed by atoms with Crippen LogP contribution in [0.15, 0.2) is 24.3 Å². The normalized spacial score (nSPS) is 18.2. The van der Waals surface area contributed by atoms with Gasteiger partial charge in [-0.1, -0.05) is 24.3 Å². The number of carboxylic acids is 1. The Morgan fingerprint density at radius 1 is 1.29 bits per heavy atom. The Bertz CT molecular complexity index is 408. The van der Waals surface area contributed by atoms with Crippen molar-refractivity contribution in [2.75, 3.05) is 0 Å². The van der Waals surface area contributed by atoms with Crippen molar-refractivity contribution < 1.29 is 14.3 Å². The molecule has 92 valence electrons. The summed E-state index contributed by atoms with van der Waals surface area (Å²) in [7, 11) is 0. The molecule has 0 heterocycles. The number of alkyl halides is 1. The van der Waals surface area contributed by atoms with E-state index in [1.807, 2.05) is 24.3 Å². The molecule has 1 N–H and O–H groups in total. The van der Waals surface area contributed by atoms with Crippen LogP contribution in [0.4, 0.5) is 4.39 Å². The van der Waals surface area contributed by atoms with Crippen molar-refractivity contribution >= 4 is 5.97 Å². The smallest absolute Gasteiger partial charge is 0.303 e. The molecule has 0 aliphatic heterocycles. The molecule has 1 aliphatic carbocycles. The fraction of sp³-hybridized carbons (Fsp3) is 0.500. The topological polar surface area (TPSA) is 37.3 Å². The molecule has 2 nitrogen and oxygen atoms in total. The van der Waals surface area contributed by atoms with Crippen LogP contribution in [-0.4, -0.2) is 11.1 Å². The van der Waals surface area contributed by atoms with Gasteiger partial charge in [-0.25, -0.2) is 4.39 Å². The van der Waals surface area contributed by atoms with Crippen molar-refractivity contribution in [2.45, 2.75) is 44.2 Å². The third kappa shape index (κ3) is 2.65. The Balaban J connectivity index is 2.23. The van der Waals surface area contributed by atoms with E-state index in [-0.39, 0.29) is 6.42 Å². The van der Waals surface area contributed by atoms with Crippen LogP contribution < -0.4 is 0 Å². The lowest BCUT2D eigenvalue weighted by molar-refractivity contribution is -0.136. The van der Waals surface area contributed by atoms with Gasteiger partial charge in [0.2, 0.25) is 0 Å². The second kappa shape index (κ2) is 4.86. The highest BCUT2D eigenvalue weighted by Crippen LogP contribution is 2.43. The molecule has 0 atom stereocenters. The third-order valence-corrected chi connectivity index (χ3v) is 3.50. The quantitative estimate of drug-likeness (QED) is 0.869. The minimum absolute atomic E-state index is 0.0626. The number of carboxylic acid groups (broad SMARTS) is 1. The monoisotopic (exact) mass is 236 g/mol. The van der Waals surface area contributed by atoms with Crippen molar-refractivity contribution in [1.29, 1.82) is 0 Å². The van der Waals surface area contributed by atoms with E-state index in [9.17, 15) is 9.18 Å². The standard InChI is InChI=1S/C14H17FO2/c15-14(9-3-4-10-14)12-6-2-1-5-11(12)7-8-13(16)17/h1-2,5-6H,3-4,7-10H2,(H,16,17). The lowest BCUT2D eigenvalue weighted by Gasteiger charge is -2.22. The highest BCUT2D eigenvalue weighted by atomic mass is 19.1. The maximum atomic E-state index is 14.7. The number of benzene rings is 1. The van der Waals surface area contributed by atoms with Crippen LogP contribution in [0.3, 0.4) is 0 Å². The summed E-state index contributed by atoms with van der Waals surface area (Å²) >= 11 is 0. The molecule has 1 aliphatic rings. The van der Waals surface area contributed by atoms with Crippen LogP contribution in [-0.2, 0) is 16.9 Å². The summed E-state index contributed by atoms with van der Waals surface area (Å²) in [5.41, 5.74) is 0.327. The molecule has 17 heavy (non-hydrogen) atoms. The van der Waals surface area contributed by atoms with Gasteiger partial charge in [0, 0.05) is 6.42 Å². The second-order valence-electron chi connectivity index (χ2n) is 4.72. The highest BCUT2D eigenvalue weighted by Gasteiger charge is 2.36. The lowest BCUT2D eigenvalue weighted by Crippen LogP contribution is -2.17. The summed E-state index contributed by atoms with van der Waals surface area (Å²) in [6, 6.07) is 7.33. The Hall–Kier alpha value is -1.38. The van der Waals surface area contributed by atoms with E-state index in [1.54, 1.807) is 0 Å². The number of hydrogen-bond donors (Lipinski definition) is 1. The van der Waals surface area contributed by atoms with E-state index in [0.29, 0.717) is 24.8 Å². The van der Waals surface area contributed by atoms with Gasteiger partial charge >= 0.3 is 5.97 Å². The Kier molecular flexibility index (Phi) is 3.46. The van der Waals surface area contributed by atoms with Crippen LogP contribution >= 0.6 is 0 Å². The second-order valence-corrected chi connectivity index (χ2v) is 4.72. The lowest BCUT2D eigenvalue weighted by atomic mass is 9.88. The predicted octanol–water partition coefficient (Wildman–Crippen LogP) is 3.44. The maximum absolute atomic E-state index is 14.7. The average Bonchev–Trinajstić information content (AvgIpc) is 2.75. The van der Waals surface area contributed by atoms with Crippen molar-refractivity contribution in [3.8, 4) is 0 Å². The molecule has 0 bridgehead atoms. The van der Waals surface area contributed by atoms with Crippen LogP contribution in [0, 0.1) is 0 Å². The molecule has 1 aromatic rings. The predicted molar refractivity (Wildman–Crippen MR) is 63.7 cm³/mol. The molecule has 0 unspecified atom stereocenters. The summed E-state index contributed by atoms with van der Waals surface area (Å²) in [6.07, 6.45) is 3.45. The summed E-state index contributed by atoms with van der Waals surface area (Å²) in [5.74, 6) is -0.834. The molecule has 0 amide bonds. The van der Waals surface area contributed by atoms with Gasteiger partial charge in [-0.3, -0.25) is 4.79 Å². The number of aryl methyl sites for hydroxylation is 1. The maximum Gasteiger partial charge on any atom is 0.303 e. The summed E-state index contributed by atoms with van der Waals surface area (Å²) in [4.78, 5) is 10.6. The zero-order valence-electron chi connectivity index (χ0n) is 9.79. The first kappa shape index (κ1) is 12.1. The first-order valence-corrected chi connectivity index (χ1v) is 6.11. The fourth-order valence-electron chi connectivity index (χ4n) is 2.62. The first-order chi connectivity index (χ1) is 8.12. The minimum Gasteiger partial charge on any atom is -0.481 e. The van der Waals surface area contributed by atoms with E-state index >= 15 is 0 Å². The largest absolute Gasteiger partial charge is 0.481 e. The van der Waals surface area contributed by atoms with E-state index in [2.05, 4.69) is 0 Å². The fourth-order valence-corrected chi connectivity index (χ4v) is 2.62. The number of carbonyl (C=O) groups is 1. The first-order valence-electron chi connectivity index (χ1n) is 6.11. The van der Waals surface area contributed by atoms with Crippen molar-refractivity contribution in [1.82, 2.24) is 0 Å². The van der Waals surface area contributed by atoms with Crippen LogP contribution in [0.2, 0.25) is 0 Å². The SMILES string of the molecule is O=C(O)CCc1ccccc1C1(F)CCCC1. The summed E-state index contributed by atoms with van der Waals surface area (Å²) < 4.78 is 14.7. The Labute approximate surface area is 100 Å². The highest BCUT2D eigenvalue weighted by molar-refractivity contribution is 5.67. The van der Waals surface area contributed by atoms with E-state index in [4.69, 9.17) is 5.11 Å². The van der Waals surface area contributed by atoms with Gasteiger partial charge in [0.05, 0.1) is 0 Å². The molecular formula is C14H17FO2. The Morgan fingerprint density at radius 2 is 1.94 bits per heavy atom. The van der Waals surface area contributed by atoms with Gasteiger partial charge in [0.1, 0.15) is 5.67 Å². The van der Waals surface area contributed by atoms with E-state index in [1.165, 1.54) is 0 Å². The number of aliphatic carboxylic acids is 1. The van der Waals surface area contributed by atoms with Crippen molar-refractivity contribution in [3.05, 3.63) is 35.4 Å². The van der Waals surface area contributed by atoms with Crippen LogP contribution in [0.25, 0.3) is 0 Å². The van der Waals surface area contributed by atoms with Gasteiger partial charge < -0.3 is 5.11 Å². The molecule has 3 heteroatoms. The Morgan fingerprint density at radius 3 is 2.59 bits per heavy atom. The summed E-state index contributed by atoms with van der Waals surface area (Å²) in [6.45, 7) is 0. The molecule has 2 rings (SSSR count). The number of halogens is 1. The zero-order valence-corrected chi connectivity index (χ0v) is 9.79. The molecule has 1 saturated carbocycles. The molecule has 1 aromatic carbocycles. The average molecular weight is 236 g/mol. The minimum atomic E-state index is -1.23. The van der Waals surface area contributed by atoms with Gasteiger partial charge in [-0.2, -0.15) is 0 Å². The number of rotatable bonds is 4. The van der Waals surface area contributed by atoms with E-state index < -0.39 is 11.6 Å². The molecule has 0 spiro atoms. The molecular weight excluding hydrogens is 219 g/mol. The third-order valence-electron chi connectivity index (χ3n) is 3.50. The molecule has 1 fully saturated rings.